The molecule has 0 bridgehead atoms. The van der Waals surface area contributed by atoms with Gasteiger partial charge in [-0.05, 0) is 11.6 Å². The number of aliphatic hydroxyl groups excluding tert-OH is 1. The number of benzene rings is 1. The summed E-state index contributed by atoms with van der Waals surface area (Å²) in [7, 11) is 1.83. The molecule has 0 aliphatic heterocycles. The van der Waals surface area contributed by atoms with Crippen molar-refractivity contribution in [3.05, 3.63) is 46.5 Å². The van der Waals surface area contributed by atoms with Crippen molar-refractivity contribution in [1.82, 2.24) is 14.8 Å². The van der Waals surface area contributed by atoms with Crippen LogP contribution in [0.1, 0.15) is 17.2 Å². The van der Waals surface area contributed by atoms with Crippen LogP contribution in [0.15, 0.2) is 24.3 Å². The van der Waals surface area contributed by atoms with E-state index in [2.05, 4.69) is 10.2 Å². The van der Waals surface area contributed by atoms with Crippen LogP contribution in [0.25, 0.3) is 0 Å². The number of hydrogen-bond acceptors (Lipinski definition) is 3. The average Bonchev–Trinajstić information content (AvgIpc) is 2.63. The molecule has 0 fully saturated rings. The second-order valence-electron chi connectivity index (χ2n) is 3.52. The summed E-state index contributed by atoms with van der Waals surface area (Å²) in [6.07, 6.45) is 0.614. The fourth-order valence-corrected chi connectivity index (χ4v) is 1.70. The highest BCUT2D eigenvalue weighted by molar-refractivity contribution is 6.31. The highest BCUT2D eigenvalue weighted by Gasteiger charge is 2.09. The molecule has 0 unspecified atom stereocenters. The van der Waals surface area contributed by atoms with E-state index in [1.165, 1.54) is 0 Å². The summed E-state index contributed by atoms with van der Waals surface area (Å²) in [6, 6.07) is 7.63. The standard InChI is InChI=1S/C11H12ClN3O/c1-15-10(13-14-11(15)7-16)6-8-4-2-3-5-9(8)12/h2-5,16H,6-7H2,1H3. The highest BCUT2D eigenvalue weighted by atomic mass is 35.5. The number of rotatable bonds is 3. The maximum absolute atomic E-state index is 9.00. The molecular formula is C11H12ClN3O. The van der Waals surface area contributed by atoms with Gasteiger partial charge in [-0.15, -0.1) is 10.2 Å². The van der Waals surface area contributed by atoms with E-state index in [1.54, 1.807) is 4.57 Å². The number of hydrogen-bond donors (Lipinski definition) is 1. The summed E-state index contributed by atoms with van der Waals surface area (Å²) in [5.41, 5.74) is 1.00. The Morgan fingerprint density at radius 3 is 2.56 bits per heavy atom. The van der Waals surface area contributed by atoms with Crippen LogP contribution in [-0.2, 0) is 20.1 Å². The molecule has 0 saturated heterocycles. The minimum atomic E-state index is -0.105. The second-order valence-corrected chi connectivity index (χ2v) is 3.92. The Hall–Kier alpha value is -1.39. The molecule has 0 atom stereocenters. The molecular weight excluding hydrogens is 226 g/mol. The normalized spacial score (nSPS) is 10.7. The van der Waals surface area contributed by atoms with Crippen molar-refractivity contribution in [1.29, 1.82) is 0 Å². The van der Waals surface area contributed by atoms with Crippen LogP contribution in [0.5, 0.6) is 0 Å². The molecule has 0 radical (unpaired) electrons. The van der Waals surface area contributed by atoms with Crippen LogP contribution in [-0.4, -0.2) is 19.9 Å². The van der Waals surface area contributed by atoms with Crippen molar-refractivity contribution in [2.75, 3.05) is 0 Å². The number of nitrogens with zero attached hydrogens (tertiary/aromatic N) is 3. The predicted octanol–water partition coefficient (Wildman–Crippen LogP) is 1.55. The average molecular weight is 238 g/mol. The molecule has 16 heavy (non-hydrogen) atoms. The monoisotopic (exact) mass is 237 g/mol. The molecule has 0 aliphatic rings. The van der Waals surface area contributed by atoms with Gasteiger partial charge in [-0.3, -0.25) is 0 Å². The number of halogens is 1. The Balaban J connectivity index is 2.27. The molecule has 1 aromatic heterocycles. The molecule has 0 spiro atoms. The predicted molar refractivity (Wildman–Crippen MR) is 61.2 cm³/mol. The van der Waals surface area contributed by atoms with Gasteiger partial charge in [-0.2, -0.15) is 0 Å². The van der Waals surface area contributed by atoms with Gasteiger partial charge in [0.1, 0.15) is 12.4 Å². The number of aliphatic hydroxyl groups is 1. The van der Waals surface area contributed by atoms with E-state index in [0.29, 0.717) is 12.2 Å². The van der Waals surface area contributed by atoms with E-state index in [0.717, 1.165) is 16.4 Å². The fourth-order valence-electron chi connectivity index (χ4n) is 1.50. The minimum absolute atomic E-state index is 0.105. The summed E-state index contributed by atoms with van der Waals surface area (Å²) in [6.45, 7) is -0.105. The molecule has 1 aromatic carbocycles. The zero-order chi connectivity index (χ0) is 11.5. The van der Waals surface area contributed by atoms with Crippen molar-refractivity contribution in [2.45, 2.75) is 13.0 Å². The highest BCUT2D eigenvalue weighted by Crippen LogP contribution is 2.18. The largest absolute Gasteiger partial charge is 0.388 e. The lowest BCUT2D eigenvalue weighted by Crippen LogP contribution is -2.03. The van der Waals surface area contributed by atoms with E-state index in [4.69, 9.17) is 16.7 Å². The van der Waals surface area contributed by atoms with Gasteiger partial charge >= 0.3 is 0 Å². The van der Waals surface area contributed by atoms with Crippen LogP contribution in [0.4, 0.5) is 0 Å². The van der Waals surface area contributed by atoms with Crippen LogP contribution >= 0.6 is 11.6 Å². The molecule has 1 heterocycles. The first-order valence-electron chi connectivity index (χ1n) is 4.93. The Kier molecular flexibility index (Phi) is 3.22. The molecule has 1 N–H and O–H groups in total. The molecule has 0 aliphatic carbocycles. The van der Waals surface area contributed by atoms with Gasteiger partial charge in [0.05, 0.1) is 0 Å². The van der Waals surface area contributed by atoms with Gasteiger partial charge in [-0.1, -0.05) is 29.8 Å². The lowest BCUT2D eigenvalue weighted by atomic mass is 10.1. The molecule has 2 rings (SSSR count). The first-order valence-corrected chi connectivity index (χ1v) is 5.31. The Morgan fingerprint density at radius 1 is 1.25 bits per heavy atom. The summed E-state index contributed by atoms with van der Waals surface area (Å²) in [5.74, 6) is 1.35. The Bertz CT molecular complexity index is 496. The third kappa shape index (κ3) is 2.08. The number of aromatic nitrogens is 3. The van der Waals surface area contributed by atoms with Gasteiger partial charge in [0.2, 0.25) is 0 Å². The summed E-state index contributed by atoms with van der Waals surface area (Å²) in [5, 5.41) is 17.6. The van der Waals surface area contributed by atoms with Gasteiger partial charge in [0.15, 0.2) is 5.82 Å². The SMILES string of the molecule is Cn1c(CO)nnc1Cc1ccccc1Cl. The first kappa shape index (κ1) is 11.1. The van der Waals surface area contributed by atoms with Gasteiger partial charge in [-0.25, -0.2) is 0 Å². The quantitative estimate of drug-likeness (QED) is 0.881. The van der Waals surface area contributed by atoms with E-state index >= 15 is 0 Å². The van der Waals surface area contributed by atoms with E-state index in [9.17, 15) is 0 Å². The van der Waals surface area contributed by atoms with Crippen molar-refractivity contribution in [2.24, 2.45) is 7.05 Å². The molecule has 0 saturated carbocycles. The lowest BCUT2D eigenvalue weighted by Gasteiger charge is -2.04. The first-order chi connectivity index (χ1) is 7.72. The topological polar surface area (TPSA) is 50.9 Å². The van der Waals surface area contributed by atoms with Crippen LogP contribution in [0, 0.1) is 0 Å². The smallest absolute Gasteiger partial charge is 0.158 e. The third-order valence-electron chi connectivity index (χ3n) is 2.50. The molecule has 2 aromatic rings. The third-order valence-corrected chi connectivity index (χ3v) is 2.87. The zero-order valence-electron chi connectivity index (χ0n) is 8.89. The molecule has 4 nitrogen and oxygen atoms in total. The van der Waals surface area contributed by atoms with Gasteiger partial charge < -0.3 is 9.67 Å². The van der Waals surface area contributed by atoms with E-state index in [-0.39, 0.29) is 6.61 Å². The maximum Gasteiger partial charge on any atom is 0.158 e. The zero-order valence-corrected chi connectivity index (χ0v) is 9.65. The second kappa shape index (κ2) is 4.63. The van der Waals surface area contributed by atoms with Crippen molar-refractivity contribution < 1.29 is 5.11 Å². The summed E-state index contributed by atoms with van der Waals surface area (Å²) in [4.78, 5) is 0. The van der Waals surface area contributed by atoms with Crippen LogP contribution in [0.3, 0.4) is 0 Å². The van der Waals surface area contributed by atoms with Crippen molar-refractivity contribution in [3.8, 4) is 0 Å². The fraction of sp³-hybridized carbons (Fsp3) is 0.273. The van der Waals surface area contributed by atoms with Crippen LogP contribution in [0.2, 0.25) is 5.02 Å². The van der Waals surface area contributed by atoms with Crippen molar-refractivity contribution >= 4 is 11.6 Å². The molecule has 5 heteroatoms. The van der Waals surface area contributed by atoms with E-state index in [1.807, 2.05) is 31.3 Å². The van der Waals surface area contributed by atoms with E-state index < -0.39 is 0 Å². The summed E-state index contributed by atoms with van der Waals surface area (Å²) < 4.78 is 1.78. The Labute approximate surface area is 98.5 Å². The van der Waals surface area contributed by atoms with Gasteiger partial charge in [0.25, 0.3) is 0 Å². The molecule has 84 valence electrons. The van der Waals surface area contributed by atoms with Gasteiger partial charge in [0, 0.05) is 18.5 Å². The maximum atomic E-state index is 9.00. The van der Waals surface area contributed by atoms with Crippen molar-refractivity contribution in [3.63, 3.8) is 0 Å². The lowest BCUT2D eigenvalue weighted by molar-refractivity contribution is 0.266. The molecule has 0 amide bonds. The summed E-state index contributed by atoms with van der Waals surface area (Å²) >= 11 is 6.06. The Morgan fingerprint density at radius 2 is 1.94 bits per heavy atom. The minimum Gasteiger partial charge on any atom is -0.388 e. The van der Waals surface area contributed by atoms with Crippen LogP contribution < -0.4 is 0 Å².